The van der Waals surface area contributed by atoms with E-state index in [1.54, 1.807) is 7.11 Å². The van der Waals surface area contributed by atoms with Crippen LogP contribution in [0.15, 0.2) is 24.3 Å². The summed E-state index contributed by atoms with van der Waals surface area (Å²) < 4.78 is 17.2. The van der Waals surface area contributed by atoms with Crippen molar-refractivity contribution in [2.75, 3.05) is 20.3 Å². The number of ether oxygens (including phenoxy) is 3. The highest BCUT2D eigenvalue weighted by atomic mass is 16.7. The van der Waals surface area contributed by atoms with E-state index in [0.29, 0.717) is 5.92 Å². The smallest absolute Gasteiger partial charge is 0.183 e. The lowest BCUT2D eigenvalue weighted by Gasteiger charge is -2.37. The molecule has 0 N–H and O–H groups in total. The standard InChI is InChI=1S/C20H30O3/c1-3-4-15-5-7-16(8-6-15)18-13-22-20(23-14-18)17-9-11-19(21-2)12-10-17/h9-12,15-16,18,20H,3-8,13-14H2,1-2H3/t15?,16?,18-,20-. The van der Waals surface area contributed by atoms with Crippen LogP contribution in [0.5, 0.6) is 5.75 Å². The summed E-state index contributed by atoms with van der Waals surface area (Å²) in [5, 5.41) is 0. The van der Waals surface area contributed by atoms with Crippen molar-refractivity contribution in [3.05, 3.63) is 29.8 Å². The molecule has 2 aliphatic rings. The summed E-state index contributed by atoms with van der Waals surface area (Å²) in [6.07, 6.45) is 8.03. The van der Waals surface area contributed by atoms with Gasteiger partial charge in [-0.25, -0.2) is 0 Å². The number of hydrogen-bond acceptors (Lipinski definition) is 3. The minimum Gasteiger partial charge on any atom is -0.497 e. The fourth-order valence-corrected chi connectivity index (χ4v) is 4.10. The highest BCUT2D eigenvalue weighted by molar-refractivity contribution is 5.27. The van der Waals surface area contributed by atoms with E-state index in [2.05, 4.69) is 6.92 Å². The molecule has 1 aliphatic carbocycles. The Morgan fingerprint density at radius 3 is 2.17 bits per heavy atom. The predicted octanol–water partition coefficient (Wildman–Crippen LogP) is 4.96. The van der Waals surface area contributed by atoms with E-state index in [1.165, 1.54) is 38.5 Å². The van der Waals surface area contributed by atoms with E-state index in [4.69, 9.17) is 14.2 Å². The molecule has 0 spiro atoms. The van der Waals surface area contributed by atoms with Gasteiger partial charge in [0.25, 0.3) is 0 Å². The summed E-state index contributed by atoms with van der Waals surface area (Å²) in [6, 6.07) is 7.98. The third-order valence-corrected chi connectivity index (χ3v) is 5.57. The molecule has 1 aromatic carbocycles. The molecule has 0 unspecified atom stereocenters. The zero-order valence-electron chi connectivity index (χ0n) is 14.5. The molecule has 1 aliphatic heterocycles. The first-order chi connectivity index (χ1) is 11.3. The average molecular weight is 318 g/mol. The largest absolute Gasteiger partial charge is 0.497 e. The molecule has 1 saturated carbocycles. The van der Waals surface area contributed by atoms with E-state index < -0.39 is 0 Å². The second-order valence-electron chi connectivity index (χ2n) is 7.10. The van der Waals surface area contributed by atoms with Crippen LogP contribution in [0.3, 0.4) is 0 Å². The lowest BCUT2D eigenvalue weighted by Crippen LogP contribution is -2.34. The maximum Gasteiger partial charge on any atom is 0.183 e. The Bertz CT molecular complexity index is 454. The molecule has 1 aromatic rings. The summed E-state index contributed by atoms with van der Waals surface area (Å²) >= 11 is 0. The molecule has 0 radical (unpaired) electrons. The highest BCUT2D eigenvalue weighted by Gasteiger charge is 2.32. The normalized spacial score (nSPS) is 31.7. The topological polar surface area (TPSA) is 27.7 Å². The zero-order valence-corrected chi connectivity index (χ0v) is 14.5. The first kappa shape index (κ1) is 16.8. The fourth-order valence-electron chi connectivity index (χ4n) is 4.10. The second kappa shape index (κ2) is 8.16. The molecular formula is C20H30O3. The van der Waals surface area contributed by atoms with Crippen LogP contribution in [0.2, 0.25) is 0 Å². The number of methoxy groups -OCH3 is 1. The van der Waals surface area contributed by atoms with Crippen LogP contribution in [-0.2, 0) is 9.47 Å². The molecule has 3 rings (SSSR count). The minimum atomic E-state index is -0.214. The van der Waals surface area contributed by atoms with Crippen molar-refractivity contribution in [1.82, 2.24) is 0 Å². The summed E-state index contributed by atoms with van der Waals surface area (Å²) in [5.41, 5.74) is 1.08. The molecule has 3 heteroatoms. The zero-order chi connectivity index (χ0) is 16.1. The first-order valence-electron chi connectivity index (χ1n) is 9.17. The van der Waals surface area contributed by atoms with Gasteiger partial charge in [-0.2, -0.15) is 0 Å². The van der Waals surface area contributed by atoms with Crippen molar-refractivity contribution in [2.24, 2.45) is 17.8 Å². The van der Waals surface area contributed by atoms with Crippen molar-refractivity contribution in [3.8, 4) is 5.75 Å². The molecule has 1 heterocycles. The van der Waals surface area contributed by atoms with Gasteiger partial charge in [0.15, 0.2) is 6.29 Å². The number of hydrogen-bond donors (Lipinski definition) is 0. The Hall–Kier alpha value is -1.06. The molecular weight excluding hydrogens is 288 g/mol. The Labute approximate surface area is 140 Å². The van der Waals surface area contributed by atoms with Crippen molar-refractivity contribution >= 4 is 0 Å². The third-order valence-electron chi connectivity index (χ3n) is 5.57. The lowest BCUT2D eigenvalue weighted by atomic mass is 9.75. The molecule has 2 fully saturated rings. The lowest BCUT2D eigenvalue weighted by molar-refractivity contribution is -0.214. The van der Waals surface area contributed by atoms with E-state index in [9.17, 15) is 0 Å². The van der Waals surface area contributed by atoms with E-state index in [-0.39, 0.29) is 6.29 Å². The van der Waals surface area contributed by atoms with Crippen LogP contribution in [-0.4, -0.2) is 20.3 Å². The molecule has 1 saturated heterocycles. The SMILES string of the molecule is CCCC1CCC([C@H]2CO[C@H](c3ccc(OC)cc3)OC2)CC1. The first-order valence-corrected chi connectivity index (χ1v) is 9.17. The molecule has 0 amide bonds. The maximum absolute atomic E-state index is 6.01. The van der Waals surface area contributed by atoms with Crippen LogP contribution in [0.25, 0.3) is 0 Å². The Morgan fingerprint density at radius 2 is 1.61 bits per heavy atom. The Balaban J connectivity index is 1.46. The van der Waals surface area contributed by atoms with Gasteiger partial charge in [0.05, 0.1) is 20.3 Å². The molecule has 3 nitrogen and oxygen atoms in total. The van der Waals surface area contributed by atoms with Crippen molar-refractivity contribution in [3.63, 3.8) is 0 Å². The Kier molecular flexibility index (Phi) is 5.96. The summed E-state index contributed by atoms with van der Waals surface area (Å²) in [7, 11) is 1.68. The van der Waals surface area contributed by atoms with Gasteiger partial charge in [-0.1, -0.05) is 44.7 Å². The Morgan fingerprint density at radius 1 is 0.957 bits per heavy atom. The summed E-state index contributed by atoms with van der Waals surface area (Å²) in [5.74, 6) is 3.20. The predicted molar refractivity (Wildman–Crippen MR) is 91.5 cm³/mol. The minimum absolute atomic E-state index is 0.214. The second-order valence-corrected chi connectivity index (χ2v) is 7.10. The van der Waals surface area contributed by atoms with Gasteiger partial charge in [-0.05, 0) is 36.8 Å². The van der Waals surface area contributed by atoms with Crippen molar-refractivity contribution < 1.29 is 14.2 Å². The molecule has 0 atom stereocenters. The molecule has 128 valence electrons. The maximum atomic E-state index is 6.01. The summed E-state index contributed by atoms with van der Waals surface area (Å²) in [4.78, 5) is 0. The van der Waals surface area contributed by atoms with E-state index in [0.717, 1.165) is 36.4 Å². The fraction of sp³-hybridized carbons (Fsp3) is 0.700. The van der Waals surface area contributed by atoms with E-state index in [1.807, 2.05) is 24.3 Å². The van der Waals surface area contributed by atoms with Gasteiger partial charge in [0, 0.05) is 11.5 Å². The highest BCUT2D eigenvalue weighted by Crippen LogP contribution is 2.38. The third kappa shape index (κ3) is 4.27. The van der Waals surface area contributed by atoms with Crippen LogP contribution in [0.4, 0.5) is 0 Å². The van der Waals surface area contributed by atoms with Gasteiger partial charge in [-0.3, -0.25) is 0 Å². The van der Waals surface area contributed by atoms with Gasteiger partial charge in [-0.15, -0.1) is 0 Å². The van der Waals surface area contributed by atoms with Crippen molar-refractivity contribution in [2.45, 2.75) is 51.7 Å². The van der Waals surface area contributed by atoms with Gasteiger partial charge in [0.1, 0.15) is 5.75 Å². The average Bonchev–Trinajstić information content (AvgIpc) is 2.63. The van der Waals surface area contributed by atoms with Gasteiger partial charge < -0.3 is 14.2 Å². The number of benzene rings is 1. The number of rotatable bonds is 5. The van der Waals surface area contributed by atoms with Crippen molar-refractivity contribution in [1.29, 1.82) is 0 Å². The monoisotopic (exact) mass is 318 g/mol. The molecule has 0 aromatic heterocycles. The van der Waals surface area contributed by atoms with E-state index >= 15 is 0 Å². The van der Waals surface area contributed by atoms with Gasteiger partial charge >= 0.3 is 0 Å². The van der Waals surface area contributed by atoms with Crippen LogP contribution < -0.4 is 4.74 Å². The molecule has 0 bridgehead atoms. The molecule has 23 heavy (non-hydrogen) atoms. The quantitative estimate of drug-likeness (QED) is 0.767. The summed E-state index contributed by atoms with van der Waals surface area (Å²) in [6.45, 7) is 3.97. The van der Waals surface area contributed by atoms with Gasteiger partial charge in [0.2, 0.25) is 0 Å². The van der Waals surface area contributed by atoms with Crippen LogP contribution >= 0.6 is 0 Å². The van der Waals surface area contributed by atoms with Crippen LogP contribution in [0.1, 0.15) is 57.3 Å². The van der Waals surface area contributed by atoms with Crippen LogP contribution in [0, 0.1) is 17.8 Å².